The van der Waals surface area contributed by atoms with Crippen LogP contribution in [0.15, 0.2) is 48.5 Å². The number of hydrogen-bond donors (Lipinski definition) is 1. The molecule has 2 aromatic carbocycles. The zero-order valence-electron chi connectivity index (χ0n) is 12.1. The third kappa shape index (κ3) is 4.55. The maximum Gasteiger partial charge on any atom is 0.161 e. The molecule has 0 unspecified atom stereocenters. The zero-order valence-corrected chi connectivity index (χ0v) is 12.1. The molecule has 0 aliphatic carbocycles. The summed E-state index contributed by atoms with van der Waals surface area (Å²) in [6, 6.07) is 15.6. The van der Waals surface area contributed by atoms with Crippen molar-refractivity contribution < 1.29 is 9.47 Å². The van der Waals surface area contributed by atoms with E-state index in [1.54, 1.807) is 0 Å². The molecular weight excluding hydrogens is 262 g/mol. The van der Waals surface area contributed by atoms with Crippen LogP contribution >= 0.6 is 0 Å². The Labute approximate surface area is 125 Å². The van der Waals surface area contributed by atoms with Crippen LogP contribution in [0.3, 0.4) is 0 Å². The van der Waals surface area contributed by atoms with Crippen LogP contribution in [0.4, 0.5) is 0 Å². The molecule has 0 fully saturated rings. The number of nitrogens with two attached hydrogens (primary N) is 1. The second-order valence-electron chi connectivity index (χ2n) is 4.37. The van der Waals surface area contributed by atoms with E-state index in [1.807, 2.05) is 55.5 Å². The first kappa shape index (κ1) is 15.0. The van der Waals surface area contributed by atoms with Crippen LogP contribution in [0.1, 0.15) is 18.1 Å². The third-order valence-corrected chi connectivity index (χ3v) is 2.83. The van der Waals surface area contributed by atoms with Crippen LogP contribution in [0.2, 0.25) is 0 Å². The third-order valence-electron chi connectivity index (χ3n) is 2.83. The number of para-hydroxylation sites is 2. The normalized spacial score (nSPS) is 9.62. The fourth-order valence-electron chi connectivity index (χ4n) is 1.84. The van der Waals surface area contributed by atoms with Gasteiger partial charge in [0, 0.05) is 5.56 Å². The molecule has 0 bridgehead atoms. The highest BCUT2D eigenvalue weighted by atomic mass is 16.5. The minimum Gasteiger partial charge on any atom is -0.490 e. The summed E-state index contributed by atoms with van der Waals surface area (Å²) in [6.07, 6.45) is 0. The summed E-state index contributed by atoms with van der Waals surface area (Å²) >= 11 is 0. The molecule has 0 radical (unpaired) electrons. The van der Waals surface area contributed by atoms with Crippen molar-refractivity contribution in [3.63, 3.8) is 0 Å². The Bertz CT molecular complexity index is 624. The van der Waals surface area contributed by atoms with Gasteiger partial charge in [-0.2, -0.15) is 0 Å². The van der Waals surface area contributed by atoms with Gasteiger partial charge in [0.25, 0.3) is 0 Å². The van der Waals surface area contributed by atoms with Gasteiger partial charge in [0.2, 0.25) is 0 Å². The Kier molecular flexibility index (Phi) is 5.69. The molecular formula is C18H19NO2. The van der Waals surface area contributed by atoms with Gasteiger partial charge in [0.1, 0.15) is 6.61 Å². The van der Waals surface area contributed by atoms with Gasteiger partial charge in [-0.05, 0) is 36.8 Å². The van der Waals surface area contributed by atoms with Gasteiger partial charge in [-0.25, -0.2) is 0 Å². The lowest BCUT2D eigenvalue weighted by molar-refractivity contribution is 0.269. The van der Waals surface area contributed by atoms with E-state index in [0.29, 0.717) is 19.8 Å². The van der Waals surface area contributed by atoms with Gasteiger partial charge in [0.05, 0.1) is 13.2 Å². The second-order valence-corrected chi connectivity index (χ2v) is 4.37. The highest BCUT2D eigenvalue weighted by Gasteiger charge is 2.03. The molecule has 0 heterocycles. The standard InChI is InChI=1S/C18H19NO2/c1-2-20-17-7-3-4-8-18(17)21-14-16-11-9-15(10-12-16)6-5-13-19/h3-4,7-12H,2,13-14,19H2,1H3. The molecule has 0 aliphatic heterocycles. The quantitative estimate of drug-likeness (QED) is 0.857. The number of hydrogen-bond acceptors (Lipinski definition) is 3. The van der Waals surface area contributed by atoms with Crippen molar-refractivity contribution >= 4 is 0 Å². The number of rotatable bonds is 5. The topological polar surface area (TPSA) is 44.5 Å². The summed E-state index contributed by atoms with van der Waals surface area (Å²) in [6.45, 7) is 3.44. The molecule has 3 heteroatoms. The van der Waals surface area contributed by atoms with Crippen LogP contribution in [0.5, 0.6) is 11.5 Å². The van der Waals surface area contributed by atoms with Crippen molar-refractivity contribution in [2.24, 2.45) is 5.73 Å². The molecule has 2 rings (SSSR count). The Morgan fingerprint density at radius 2 is 1.62 bits per heavy atom. The lowest BCUT2D eigenvalue weighted by Crippen LogP contribution is -1.99. The van der Waals surface area contributed by atoms with Gasteiger partial charge >= 0.3 is 0 Å². The molecule has 0 atom stereocenters. The molecule has 108 valence electrons. The fourth-order valence-corrected chi connectivity index (χ4v) is 1.84. The maximum atomic E-state index is 5.82. The molecule has 3 nitrogen and oxygen atoms in total. The Morgan fingerprint density at radius 1 is 0.952 bits per heavy atom. The first-order valence-corrected chi connectivity index (χ1v) is 6.96. The molecule has 2 aromatic rings. The van der Waals surface area contributed by atoms with Gasteiger partial charge in [-0.3, -0.25) is 0 Å². The molecule has 0 saturated heterocycles. The largest absolute Gasteiger partial charge is 0.490 e. The molecule has 21 heavy (non-hydrogen) atoms. The summed E-state index contributed by atoms with van der Waals surface area (Å²) in [7, 11) is 0. The lowest BCUT2D eigenvalue weighted by atomic mass is 10.1. The highest BCUT2D eigenvalue weighted by Crippen LogP contribution is 2.27. The van der Waals surface area contributed by atoms with Gasteiger partial charge in [-0.15, -0.1) is 0 Å². The summed E-state index contributed by atoms with van der Waals surface area (Å²) in [4.78, 5) is 0. The van der Waals surface area contributed by atoms with Crippen LogP contribution in [0.25, 0.3) is 0 Å². The maximum absolute atomic E-state index is 5.82. The average Bonchev–Trinajstić information content (AvgIpc) is 2.53. The van der Waals surface area contributed by atoms with Crippen molar-refractivity contribution in [2.45, 2.75) is 13.5 Å². The van der Waals surface area contributed by atoms with Crippen molar-refractivity contribution in [3.8, 4) is 23.3 Å². The van der Waals surface area contributed by atoms with Gasteiger partial charge in [0.15, 0.2) is 11.5 Å². The van der Waals surface area contributed by atoms with E-state index >= 15 is 0 Å². The van der Waals surface area contributed by atoms with Gasteiger partial charge < -0.3 is 15.2 Å². The molecule has 2 N–H and O–H groups in total. The van der Waals surface area contributed by atoms with E-state index in [2.05, 4.69) is 11.8 Å². The molecule has 0 spiro atoms. The first-order chi connectivity index (χ1) is 10.3. The van der Waals surface area contributed by atoms with Crippen LogP contribution < -0.4 is 15.2 Å². The fraction of sp³-hybridized carbons (Fsp3) is 0.222. The summed E-state index contributed by atoms with van der Waals surface area (Å²) in [5, 5.41) is 0. The van der Waals surface area contributed by atoms with E-state index in [4.69, 9.17) is 15.2 Å². The molecule has 0 aliphatic rings. The van der Waals surface area contributed by atoms with E-state index in [-0.39, 0.29) is 0 Å². The predicted molar refractivity (Wildman–Crippen MR) is 84.3 cm³/mol. The van der Waals surface area contributed by atoms with E-state index in [1.165, 1.54) is 0 Å². The summed E-state index contributed by atoms with van der Waals surface area (Å²) in [5.41, 5.74) is 7.39. The van der Waals surface area contributed by atoms with E-state index in [9.17, 15) is 0 Å². The Balaban J connectivity index is 2.00. The Morgan fingerprint density at radius 3 is 2.24 bits per heavy atom. The van der Waals surface area contributed by atoms with Crippen LogP contribution in [-0.2, 0) is 6.61 Å². The molecule has 0 saturated carbocycles. The molecule has 0 aromatic heterocycles. The van der Waals surface area contributed by atoms with Crippen molar-refractivity contribution in [1.29, 1.82) is 0 Å². The SMILES string of the molecule is CCOc1ccccc1OCc1ccc(C#CCN)cc1. The monoisotopic (exact) mass is 281 g/mol. The Hall–Kier alpha value is -2.44. The summed E-state index contributed by atoms with van der Waals surface area (Å²) < 4.78 is 11.3. The van der Waals surface area contributed by atoms with E-state index in [0.717, 1.165) is 22.6 Å². The highest BCUT2D eigenvalue weighted by molar-refractivity contribution is 5.40. The average molecular weight is 281 g/mol. The van der Waals surface area contributed by atoms with Crippen LogP contribution in [0, 0.1) is 11.8 Å². The van der Waals surface area contributed by atoms with Crippen molar-refractivity contribution in [3.05, 3.63) is 59.7 Å². The lowest BCUT2D eigenvalue weighted by Gasteiger charge is -2.11. The second kappa shape index (κ2) is 7.98. The predicted octanol–water partition coefficient (Wildman–Crippen LogP) is 2.97. The minimum absolute atomic E-state index is 0.374. The zero-order chi connectivity index (χ0) is 14.9. The smallest absolute Gasteiger partial charge is 0.161 e. The van der Waals surface area contributed by atoms with Crippen molar-refractivity contribution in [1.82, 2.24) is 0 Å². The summed E-state index contributed by atoms with van der Waals surface area (Å²) in [5.74, 6) is 7.35. The van der Waals surface area contributed by atoms with Gasteiger partial charge in [-0.1, -0.05) is 36.1 Å². The van der Waals surface area contributed by atoms with E-state index < -0.39 is 0 Å². The van der Waals surface area contributed by atoms with Crippen molar-refractivity contribution in [2.75, 3.05) is 13.2 Å². The van der Waals surface area contributed by atoms with Crippen LogP contribution in [-0.4, -0.2) is 13.2 Å². The number of benzene rings is 2. The first-order valence-electron chi connectivity index (χ1n) is 6.96. The molecule has 0 amide bonds. The minimum atomic E-state index is 0.374. The number of ether oxygens (including phenoxy) is 2.